The molecule has 0 aliphatic rings. The highest BCUT2D eigenvalue weighted by molar-refractivity contribution is 5.43. The molecule has 1 N–H and O–H groups in total. The van der Waals surface area contributed by atoms with Crippen LogP contribution in [0.5, 0.6) is 0 Å². The second-order valence-corrected chi connectivity index (χ2v) is 2.46. The molecule has 1 atom stereocenters. The number of aromatic nitrogens is 1. The zero-order chi connectivity index (χ0) is 9.68. The number of aliphatic hydroxyl groups is 1. The fourth-order valence-corrected chi connectivity index (χ4v) is 0.768. The number of nitrogens with zero attached hydrogens (tertiary/aromatic N) is 2. The highest BCUT2D eigenvalue weighted by atomic mass is 16.3. The molecule has 1 aromatic rings. The highest BCUT2D eigenvalue weighted by Crippen LogP contribution is 2.00. The van der Waals surface area contributed by atoms with E-state index in [1.165, 1.54) is 0 Å². The minimum Gasteiger partial charge on any atom is -0.381 e. The number of pyridine rings is 1. The predicted molar refractivity (Wildman–Crippen MR) is 47.5 cm³/mol. The number of hydrogen-bond donors (Lipinski definition) is 1. The van der Waals surface area contributed by atoms with Gasteiger partial charge in [-0.1, -0.05) is 5.92 Å². The van der Waals surface area contributed by atoms with E-state index in [0.29, 0.717) is 11.3 Å². The summed E-state index contributed by atoms with van der Waals surface area (Å²) in [5, 5.41) is 17.6. The Kier molecular flexibility index (Phi) is 3.03. The van der Waals surface area contributed by atoms with Crippen molar-refractivity contribution in [2.45, 2.75) is 13.0 Å². The van der Waals surface area contributed by atoms with Crippen molar-refractivity contribution in [1.82, 2.24) is 4.98 Å². The molecular weight excluding hydrogens is 164 g/mol. The lowest BCUT2D eigenvalue weighted by atomic mass is 10.2. The Labute approximate surface area is 76.7 Å². The van der Waals surface area contributed by atoms with Gasteiger partial charge in [0.1, 0.15) is 17.9 Å². The second-order valence-electron chi connectivity index (χ2n) is 2.46. The molecule has 0 radical (unpaired) electrons. The SMILES string of the molecule is CC(O)C#Cc1ncccc1C#N. The van der Waals surface area contributed by atoms with E-state index in [1.54, 1.807) is 25.3 Å². The van der Waals surface area contributed by atoms with Crippen molar-refractivity contribution in [2.75, 3.05) is 0 Å². The molecule has 0 aliphatic heterocycles. The van der Waals surface area contributed by atoms with Gasteiger partial charge in [0.25, 0.3) is 0 Å². The first-order chi connectivity index (χ1) is 6.24. The van der Waals surface area contributed by atoms with Crippen LogP contribution in [0.15, 0.2) is 18.3 Å². The van der Waals surface area contributed by atoms with Gasteiger partial charge < -0.3 is 5.11 Å². The van der Waals surface area contributed by atoms with E-state index < -0.39 is 6.10 Å². The van der Waals surface area contributed by atoms with E-state index in [4.69, 9.17) is 10.4 Å². The third-order valence-corrected chi connectivity index (χ3v) is 1.33. The van der Waals surface area contributed by atoms with Crippen LogP contribution < -0.4 is 0 Å². The quantitative estimate of drug-likeness (QED) is 0.585. The first-order valence-corrected chi connectivity index (χ1v) is 3.78. The van der Waals surface area contributed by atoms with Crippen molar-refractivity contribution in [3.8, 4) is 17.9 Å². The Balaban J connectivity index is 3.04. The van der Waals surface area contributed by atoms with Gasteiger partial charge in [0.05, 0.1) is 5.56 Å². The van der Waals surface area contributed by atoms with E-state index in [1.807, 2.05) is 6.07 Å². The van der Waals surface area contributed by atoms with Crippen LogP contribution in [0.4, 0.5) is 0 Å². The zero-order valence-corrected chi connectivity index (χ0v) is 7.15. The molecule has 13 heavy (non-hydrogen) atoms. The van der Waals surface area contributed by atoms with Crippen LogP contribution in [0.2, 0.25) is 0 Å². The molecule has 0 saturated carbocycles. The Morgan fingerprint density at radius 2 is 2.38 bits per heavy atom. The molecule has 0 aromatic carbocycles. The maximum atomic E-state index is 8.89. The average Bonchev–Trinajstić information content (AvgIpc) is 2.15. The van der Waals surface area contributed by atoms with Crippen molar-refractivity contribution >= 4 is 0 Å². The topological polar surface area (TPSA) is 56.9 Å². The highest BCUT2D eigenvalue weighted by Gasteiger charge is 1.97. The smallest absolute Gasteiger partial charge is 0.130 e. The van der Waals surface area contributed by atoms with Gasteiger partial charge in [-0.15, -0.1) is 0 Å². The molecular formula is C10H8N2O. The summed E-state index contributed by atoms with van der Waals surface area (Å²) in [7, 11) is 0. The monoisotopic (exact) mass is 172 g/mol. The summed E-state index contributed by atoms with van der Waals surface area (Å²) in [6.45, 7) is 1.56. The summed E-state index contributed by atoms with van der Waals surface area (Å²) in [5.41, 5.74) is 0.835. The maximum Gasteiger partial charge on any atom is 0.130 e. The minimum atomic E-state index is -0.700. The predicted octanol–water partition coefficient (Wildman–Crippen LogP) is 0.686. The van der Waals surface area contributed by atoms with Crippen LogP contribution in [0.25, 0.3) is 0 Å². The molecule has 0 saturated heterocycles. The summed E-state index contributed by atoms with van der Waals surface area (Å²) in [6, 6.07) is 5.28. The molecule has 0 spiro atoms. The lowest BCUT2D eigenvalue weighted by Gasteiger charge is -1.92. The van der Waals surface area contributed by atoms with Crippen LogP contribution >= 0.6 is 0 Å². The molecule has 3 nitrogen and oxygen atoms in total. The lowest BCUT2D eigenvalue weighted by molar-refractivity contribution is 0.253. The number of nitriles is 1. The molecule has 1 heterocycles. The fourth-order valence-electron chi connectivity index (χ4n) is 0.768. The van der Waals surface area contributed by atoms with Gasteiger partial charge in [-0.05, 0) is 25.0 Å². The van der Waals surface area contributed by atoms with E-state index in [-0.39, 0.29) is 0 Å². The van der Waals surface area contributed by atoms with Gasteiger partial charge in [0, 0.05) is 6.20 Å². The summed E-state index contributed by atoms with van der Waals surface area (Å²) in [5.74, 6) is 5.16. The van der Waals surface area contributed by atoms with E-state index in [0.717, 1.165) is 0 Å². The normalized spacial score (nSPS) is 10.8. The summed E-state index contributed by atoms with van der Waals surface area (Å²) >= 11 is 0. The van der Waals surface area contributed by atoms with Gasteiger partial charge in [0.15, 0.2) is 0 Å². The molecule has 0 bridgehead atoms. The number of hydrogen-bond acceptors (Lipinski definition) is 3. The summed E-state index contributed by atoms with van der Waals surface area (Å²) in [6.07, 6.45) is 0.862. The first kappa shape index (κ1) is 9.25. The number of aliphatic hydroxyl groups excluding tert-OH is 1. The molecule has 0 aliphatic carbocycles. The Morgan fingerprint density at radius 1 is 1.62 bits per heavy atom. The zero-order valence-electron chi connectivity index (χ0n) is 7.15. The van der Waals surface area contributed by atoms with Crippen molar-refractivity contribution in [3.05, 3.63) is 29.6 Å². The maximum absolute atomic E-state index is 8.89. The standard InChI is InChI=1S/C10H8N2O/c1-8(13)4-5-10-9(7-11)3-2-6-12-10/h2-3,6,8,13H,1H3. The molecule has 1 unspecified atom stereocenters. The lowest BCUT2D eigenvalue weighted by Crippen LogP contribution is -1.94. The molecule has 3 heteroatoms. The van der Waals surface area contributed by atoms with Gasteiger partial charge >= 0.3 is 0 Å². The first-order valence-electron chi connectivity index (χ1n) is 3.78. The van der Waals surface area contributed by atoms with Gasteiger partial charge in [-0.2, -0.15) is 5.26 Å². The molecule has 1 rings (SSSR count). The Hall–Kier alpha value is -1.84. The second kappa shape index (κ2) is 4.25. The largest absolute Gasteiger partial charge is 0.381 e. The van der Waals surface area contributed by atoms with E-state index in [2.05, 4.69) is 16.8 Å². The van der Waals surface area contributed by atoms with E-state index >= 15 is 0 Å². The third-order valence-electron chi connectivity index (χ3n) is 1.33. The Morgan fingerprint density at radius 3 is 3.00 bits per heavy atom. The fraction of sp³-hybridized carbons (Fsp3) is 0.200. The average molecular weight is 172 g/mol. The van der Waals surface area contributed by atoms with Crippen LogP contribution in [0.3, 0.4) is 0 Å². The minimum absolute atomic E-state index is 0.408. The third kappa shape index (κ3) is 2.59. The van der Waals surface area contributed by atoms with Crippen molar-refractivity contribution < 1.29 is 5.11 Å². The summed E-state index contributed by atoms with van der Waals surface area (Å²) < 4.78 is 0. The van der Waals surface area contributed by atoms with Crippen LogP contribution in [-0.4, -0.2) is 16.2 Å². The van der Waals surface area contributed by atoms with Gasteiger partial charge in [0.2, 0.25) is 0 Å². The van der Waals surface area contributed by atoms with Crippen molar-refractivity contribution in [3.63, 3.8) is 0 Å². The molecule has 0 amide bonds. The molecule has 1 aromatic heterocycles. The summed E-state index contributed by atoms with van der Waals surface area (Å²) in [4.78, 5) is 3.91. The van der Waals surface area contributed by atoms with E-state index in [9.17, 15) is 0 Å². The van der Waals surface area contributed by atoms with Crippen LogP contribution in [0, 0.1) is 23.2 Å². The van der Waals surface area contributed by atoms with Crippen molar-refractivity contribution in [1.29, 1.82) is 5.26 Å². The van der Waals surface area contributed by atoms with Crippen molar-refractivity contribution in [2.24, 2.45) is 0 Å². The number of rotatable bonds is 0. The van der Waals surface area contributed by atoms with Gasteiger partial charge in [-0.25, -0.2) is 4.98 Å². The molecule has 0 fully saturated rings. The van der Waals surface area contributed by atoms with Crippen LogP contribution in [0.1, 0.15) is 18.2 Å². The molecule has 64 valence electrons. The Bertz CT molecular complexity index is 393. The van der Waals surface area contributed by atoms with Crippen LogP contribution in [-0.2, 0) is 0 Å². The van der Waals surface area contributed by atoms with Gasteiger partial charge in [-0.3, -0.25) is 0 Å².